The standard InChI is InChI=1S/C34H30N2O4/c1-2-38-33(37)30(25-18-19-31-32(20-25)40-24-39-31)21-29-22-36(23-35-29)34(26-12-6-3-7-13-26,27-14-8-4-9-15-27)28-16-10-5-11-17-28/h3-20,22-23,30H,2,21,24H2,1H3. The van der Waals surface area contributed by atoms with Crippen molar-refractivity contribution in [1.29, 1.82) is 0 Å². The van der Waals surface area contributed by atoms with Crippen LogP contribution in [0.5, 0.6) is 11.5 Å². The minimum atomic E-state index is -0.673. The number of ether oxygens (including phenoxy) is 3. The Bertz CT molecular complexity index is 1490. The Balaban J connectivity index is 1.46. The fourth-order valence-electron chi connectivity index (χ4n) is 5.56. The van der Waals surface area contributed by atoms with Gasteiger partial charge in [-0.3, -0.25) is 4.79 Å². The van der Waals surface area contributed by atoms with Crippen molar-refractivity contribution in [2.75, 3.05) is 13.4 Å². The zero-order chi connectivity index (χ0) is 27.4. The lowest BCUT2D eigenvalue weighted by Crippen LogP contribution is -2.37. The smallest absolute Gasteiger partial charge is 0.313 e. The van der Waals surface area contributed by atoms with Gasteiger partial charge in [0.15, 0.2) is 11.5 Å². The van der Waals surface area contributed by atoms with Crippen molar-refractivity contribution in [2.45, 2.75) is 24.8 Å². The number of nitrogens with zero attached hydrogens (tertiary/aromatic N) is 2. The van der Waals surface area contributed by atoms with Crippen LogP contribution >= 0.6 is 0 Å². The van der Waals surface area contributed by atoms with E-state index in [1.54, 1.807) is 0 Å². The summed E-state index contributed by atoms with van der Waals surface area (Å²) in [5.74, 6) is 0.469. The van der Waals surface area contributed by atoms with Crippen molar-refractivity contribution >= 4 is 5.97 Å². The molecule has 200 valence electrons. The van der Waals surface area contributed by atoms with Crippen molar-refractivity contribution in [1.82, 2.24) is 9.55 Å². The van der Waals surface area contributed by atoms with Crippen molar-refractivity contribution in [2.24, 2.45) is 0 Å². The van der Waals surface area contributed by atoms with E-state index in [0.29, 0.717) is 24.5 Å². The first kappa shape index (κ1) is 25.4. The summed E-state index contributed by atoms with van der Waals surface area (Å²) in [5, 5.41) is 0. The molecule has 6 rings (SSSR count). The lowest BCUT2D eigenvalue weighted by molar-refractivity contribution is -0.145. The lowest BCUT2D eigenvalue weighted by atomic mass is 9.76. The second-order valence-electron chi connectivity index (χ2n) is 9.70. The van der Waals surface area contributed by atoms with Gasteiger partial charge in [0.25, 0.3) is 0 Å². The predicted molar refractivity (Wildman–Crippen MR) is 152 cm³/mol. The van der Waals surface area contributed by atoms with Crippen molar-refractivity contribution in [3.63, 3.8) is 0 Å². The van der Waals surface area contributed by atoms with Gasteiger partial charge in [-0.1, -0.05) is 97.1 Å². The van der Waals surface area contributed by atoms with E-state index < -0.39 is 11.5 Å². The van der Waals surface area contributed by atoms with Crippen LogP contribution in [0.3, 0.4) is 0 Å². The molecule has 40 heavy (non-hydrogen) atoms. The molecule has 5 aromatic rings. The minimum absolute atomic E-state index is 0.174. The number of hydrogen-bond acceptors (Lipinski definition) is 5. The number of rotatable bonds is 9. The van der Waals surface area contributed by atoms with E-state index in [1.165, 1.54) is 0 Å². The Morgan fingerprint density at radius 2 is 1.43 bits per heavy atom. The average Bonchev–Trinajstić information content (AvgIpc) is 3.68. The summed E-state index contributed by atoms with van der Waals surface area (Å²) < 4.78 is 18.7. The third kappa shape index (κ3) is 4.62. The third-order valence-corrected chi connectivity index (χ3v) is 7.38. The average molecular weight is 531 g/mol. The maximum absolute atomic E-state index is 13.2. The van der Waals surface area contributed by atoms with Gasteiger partial charge in [0.1, 0.15) is 5.54 Å². The molecule has 0 aliphatic carbocycles. The van der Waals surface area contributed by atoms with E-state index in [0.717, 1.165) is 27.9 Å². The zero-order valence-electron chi connectivity index (χ0n) is 22.3. The summed E-state index contributed by atoms with van der Waals surface area (Å²) >= 11 is 0. The van der Waals surface area contributed by atoms with E-state index in [2.05, 4.69) is 77.4 Å². The number of hydrogen-bond donors (Lipinski definition) is 0. The maximum Gasteiger partial charge on any atom is 0.313 e. The molecule has 4 aromatic carbocycles. The van der Waals surface area contributed by atoms with Crippen molar-refractivity contribution < 1.29 is 19.0 Å². The monoisotopic (exact) mass is 530 g/mol. The van der Waals surface area contributed by atoms with E-state index in [9.17, 15) is 4.79 Å². The van der Waals surface area contributed by atoms with Crippen molar-refractivity contribution in [3.8, 4) is 11.5 Å². The third-order valence-electron chi connectivity index (χ3n) is 7.38. The molecule has 1 aromatic heterocycles. The highest BCUT2D eigenvalue weighted by Gasteiger charge is 2.38. The van der Waals surface area contributed by atoms with E-state index in [-0.39, 0.29) is 12.8 Å². The summed E-state index contributed by atoms with van der Waals surface area (Å²) in [4.78, 5) is 18.0. The van der Waals surface area contributed by atoms with Gasteiger partial charge in [-0.15, -0.1) is 0 Å². The summed E-state index contributed by atoms with van der Waals surface area (Å²) in [6, 6.07) is 36.9. The number of carbonyl (C=O) groups is 1. The van der Waals surface area contributed by atoms with Crippen LogP contribution in [0.4, 0.5) is 0 Å². The second-order valence-corrected chi connectivity index (χ2v) is 9.70. The molecule has 1 aliphatic rings. The van der Waals surface area contributed by atoms with Gasteiger partial charge in [0, 0.05) is 12.6 Å². The highest BCUT2D eigenvalue weighted by molar-refractivity contribution is 5.79. The number of aromatic nitrogens is 2. The number of esters is 1. The van der Waals surface area contributed by atoms with E-state index >= 15 is 0 Å². The summed E-state index contributed by atoms with van der Waals surface area (Å²) in [7, 11) is 0. The highest BCUT2D eigenvalue weighted by atomic mass is 16.7. The van der Waals surface area contributed by atoms with Crippen LogP contribution in [-0.2, 0) is 21.5 Å². The minimum Gasteiger partial charge on any atom is -0.466 e. The molecule has 0 fully saturated rings. The van der Waals surface area contributed by atoms with Crippen LogP contribution in [0.2, 0.25) is 0 Å². The molecule has 6 heteroatoms. The molecule has 0 amide bonds. The Labute approximate surface area is 233 Å². The fraction of sp³-hybridized carbons (Fsp3) is 0.176. The normalized spacial score (nSPS) is 13.1. The lowest BCUT2D eigenvalue weighted by Gasteiger charge is -2.37. The summed E-state index contributed by atoms with van der Waals surface area (Å²) in [6.07, 6.45) is 4.29. The summed E-state index contributed by atoms with van der Waals surface area (Å²) in [6.45, 7) is 2.29. The van der Waals surface area contributed by atoms with Gasteiger partial charge in [-0.25, -0.2) is 4.98 Å². The molecule has 0 spiro atoms. The number of benzene rings is 4. The Kier molecular flexibility index (Phi) is 7.06. The molecular weight excluding hydrogens is 500 g/mol. The van der Waals surface area contributed by atoms with Gasteiger partial charge < -0.3 is 18.8 Å². The predicted octanol–water partition coefficient (Wildman–Crippen LogP) is 6.34. The first-order valence-corrected chi connectivity index (χ1v) is 13.5. The molecule has 0 bridgehead atoms. The Hall–Kier alpha value is -4.84. The van der Waals surface area contributed by atoms with Crippen molar-refractivity contribution in [3.05, 3.63) is 150 Å². The van der Waals surface area contributed by atoms with Gasteiger partial charge in [0.05, 0.1) is 24.5 Å². The van der Waals surface area contributed by atoms with Gasteiger partial charge in [-0.2, -0.15) is 0 Å². The largest absolute Gasteiger partial charge is 0.466 e. The summed E-state index contributed by atoms with van der Waals surface area (Å²) in [5.41, 5.74) is 4.23. The number of carbonyl (C=O) groups excluding carboxylic acids is 1. The fourth-order valence-corrected chi connectivity index (χ4v) is 5.56. The molecule has 1 unspecified atom stereocenters. The van der Waals surface area contributed by atoms with Crippen LogP contribution in [0, 0.1) is 0 Å². The van der Waals surface area contributed by atoms with Crippen LogP contribution in [0.15, 0.2) is 122 Å². The number of imidazole rings is 1. The molecule has 2 heterocycles. The van der Waals surface area contributed by atoms with Gasteiger partial charge in [-0.05, 0) is 41.3 Å². The van der Waals surface area contributed by atoms with E-state index in [1.807, 2.05) is 55.8 Å². The van der Waals surface area contributed by atoms with Gasteiger partial charge in [0.2, 0.25) is 6.79 Å². The molecule has 0 N–H and O–H groups in total. The molecule has 0 saturated carbocycles. The van der Waals surface area contributed by atoms with Crippen LogP contribution in [0.1, 0.15) is 40.8 Å². The van der Waals surface area contributed by atoms with E-state index in [4.69, 9.17) is 19.2 Å². The topological polar surface area (TPSA) is 62.6 Å². The quantitative estimate of drug-likeness (QED) is 0.164. The maximum atomic E-state index is 13.2. The molecule has 6 nitrogen and oxygen atoms in total. The zero-order valence-corrected chi connectivity index (χ0v) is 22.3. The molecule has 0 radical (unpaired) electrons. The molecule has 1 atom stereocenters. The van der Waals surface area contributed by atoms with Crippen LogP contribution < -0.4 is 9.47 Å². The second kappa shape index (κ2) is 11.1. The molecule has 0 saturated heterocycles. The molecule has 1 aliphatic heterocycles. The molecular formula is C34H30N2O4. The highest BCUT2D eigenvalue weighted by Crippen LogP contribution is 2.41. The first-order chi connectivity index (χ1) is 19.7. The Morgan fingerprint density at radius 3 is 2.00 bits per heavy atom. The van der Waals surface area contributed by atoms with Crippen LogP contribution in [0.25, 0.3) is 0 Å². The van der Waals surface area contributed by atoms with Gasteiger partial charge >= 0.3 is 5.97 Å². The SMILES string of the molecule is CCOC(=O)C(Cc1cn(C(c2ccccc2)(c2ccccc2)c2ccccc2)cn1)c1ccc2c(c1)OCO2. The Morgan fingerprint density at radius 1 is 0.850 bits per heavy atom. The van der Waals surface area contributed by atoms with Crippen LogP contribution in [-0.4, -0.2) is 28.9 Å². The number of fused-ring (bicyclic) bond motifs is 1. The first-order valence-electron chi connectivity index (χ1n) is 13.5.